The zero-order chi connectivity index (χ0) is 36.4. The number of hydrogen-bond donors (Lipinski definition) is 0. The highest BCUT2D eigenvalue weighted by atomic mass is 32.3. The van der Waals surface area contributed by atoms with Crippen molar-refractivity contribution in [3.05, 3.63) is 215 Å². The number of hydrogen-bond acceptors (Lipinski definition) is 4. The molecule has 0 aliphatic heterocycles. The molecule has 0 N–H and O–H groups in total. The van der Waals surface area contributed by atoms with Gasteiger partial charge in [0.1, 0.15) is 0 Å². The molecule has 0 amide bonds. The van der Waals surface area contributed by atoms with Gasteiger partial charge in [0.15, 0.2) is 0 Å². The summed E-state index contributed by atoms with van der Waals surface area (Å²) in [5.41, 5.74) is 8.17. The molecule has 0 spiro atoms. The molecular weight excluding hydrogens is 686 g/mol. The van der Waals surface area contributed by atoms with Crippen LogP contribution in [0.4, 0.5) is 0 Å². The summed E-state index contributed by atoms with van der Waals surface area (Å²) in [6.45, 7) is 0. The summed E-state index contributed by atoms with van der Waals surface area (Å²) in [5, 5.41) is 0. The molecule has 0 aromatic heterocycles. The lowest BCUT2D eigenvalue weighted by Gasteiger charge is -2.36. The maximum absolute atomic E-state index is 8.52. The third-order valence-corrected chi connectivity index (χ3v) is 10.2. The van der Waals surface area contributed by atoms with E-state index < -0.39 is 10.4 Å². The van der Waals surface area contributed by atoms with E-state index in [-0.39, 0.29) is 10.8 Å². The first-order chi connectivity index (χ1) is 24.8. The molecule has 0 heterocycles. The van der Waals surface area contributed by atoms with Crippen LogP contribution in [0.15, 0.2) is 182 Å². The van der Waals surface area contributed by atoms with Gasteiger partial charge in [-0.05, 0) is 77.5 Å². The van der Waals surface area contributed by atoms with E-state index in [1.165, 1.54) is 58.5 Å². The zero-order valence-electron chi connectivity index (χ0n) is 29.0. The molecule has 51 heavy (non-hydrogen) atoms. The van der Waals surface area contributed by atoms with Gasteiger partial charge in [0.05, 0.1) is 12.3 Å². The van der Waals surface area contributed by atoms with Crippen molar-refractivity contribution in [1.82, 2.24) is 0 Å². The molecule has 0 aliphatic carbocycles. The molecule has 0 aliphatic rings. The molecule has 7 heteroatoms. The molecule has 6 rings (SSSR count). The summed E-state index contributed by atoms with van der Waals surface area (Å²) >= 11 is 0. The Morgan fingerprint density at radius 2 is 0.529 bits per heavy atom. The molecule has 0 saturated heterocycles. The van der Waals surface area contributed by atoms with Crippen LogP contribution in [0.25, 0.3) is 0 Å². The van der Waals surface area contributed by atoms with E-state index >= 15 is 0 Å². The molecule has 6 aromatic rings. The molecule has 2 atom stereocenters. The summed E-state index contributed by atoms with van der Waals surface area (Å²) in [4.78, 5) is 0. The van der Waals surface area contributed by atoms with Crippen molar-refractivity contribution in [2.45, 2.75) is 36.5 Å². The molecule has 0 bridgehead atoms. The fourth-order valence-corrected chi connectivity index (χ4v) is 7.48. The van der Waals surface area contributed by atoms with Crippen molar-refractivity contribution in [3.63, 3.8) is 0 Å². The normalized spacial score (nSPS) is 11.5. The quantitative estimate of drug-likeness (QED) is 0.0543. The summed E-state index contributed by atoms with van der Waals surface area (Å²) in [6, 6.07) is 65.8. The van der Waals surface area contributed by atoms with Gasteiger partial charge >= 0.3 is 0 Å². The lowest BCUT2D eigenvalue weighted by molar-refractivity contribution is 0.352. The molecule has 2 unspecified atom stereocenters. The first-order valence-corrected chi connectivity index (χ1v) is 20.7. The fourth-order valence-electron chi connectivity index (χ4n) is 6.98. The van der Waals surface area contributed by atoms with Crippen LogP contribution in [-0.4, -0.2) is 29.8 Å². The highest BCUT2D eigenvalue weighted by molar-refractivity contribution is 7.79. The van der Waals surface area contributed by atoms with Crippen LogP contribution < -0.4 is 0 Å². The van der Waals surface area contributed by atoms with Crippen LogP contribution in [0.2, 0.25) is 0 Å². The predicted molar refractivity (Wildman–Crippen MR) is 219 cm³/mol. The van der Waals surface area contributed by atoms with E-state index in [2.05, 4.69) is 200 Å². The van der Waals surface area contributed by atoms with Crippen molar-refractivity contribution in [1.29, 1.82) is 0 Å². The first kappa shape index (κ1) is 39.8. The Labute approximate surface area is 309 Å². The highest BCUT2D eigenvalue weighted by Crippen LogP contribution is 2.44. The van der Waals surface area contributed by atoms with Crippen molar-refractivity contribution in [2.24, 2.45) is 0 Å². The van der Waals surface area contributed by atoms with E-state index in [4.69, 9.17) is 17.5 Å². The third-order valence-electron chi connectivity index (χ3n) is 9.20. The maximum atomic E-state index is 8.52. The number of rotatable bonds is 12. The van der Waals surface area contributed by atoms with Gasteiger partial charge in [-0.3, -0.25) is 8.42 Å². The van der Waals surface area contributed by atoms with E-state index in [1.54, 1.807) is 0 Å². The Kier molecular flexibility index (Phi) is 15.8. The summed E-state index contributed by atoms with van der Waals surface area (Å²) in [5.74, 6) is 0. The first-order valence-electron chi connectivity index (χ1n) is 17.3. The maximum Gasteiger partial charge on any atom is 0.0527 e. The second kappa shape index (κ2) is 20.2. The Bertz CT molecular complexity index is 1600. The molecule has 0 radical (unpaired) electrons. The van der Waals surface area contributed by atoms with E-state index in [9.17, 15) is 0 Å². The highest BCUT2D eigenvalue weighted by Gasteiger charge is 2.36. The minimum absolute atomic E-state index is 0.0652. The molecule has 264 valence electrons. The van der Waals surface area contributed by atoms with E-state index in [1.807, 2.05) is 0 Å². The topological polar surface area (TPSA) is 80.3 Å². The minimum Gasteiger partial charge on any atom is -0.759 e. The van der Waals surface area contributed by atoms with Crippen LogP contribution in [-0.2, 0) is 21.2 Å². The van der Waals surface area contributed by atoms with Crippen LogP contribution >= 0.6 is 18.5 Å². The summed E-state index contributed by atoms with van der Waals surface area (Å²) in [7, 11) is -1.03. The van der Waals surface area contributed by atoms with Crippen molar-refractivity contribution in [2.75, 3.05) is 12.3 Å². The van der Waals surface area contributed by atoms with Gasteiger partial charge < -0.3 is 9.11 Å². The number of benzene rings is 6. The smallest absolute Gasteiger partial charge is 0.0527 e. The second-order valence-electron chi connectivity index (χ2n) is 12.3. The molecule has 6 aromatic carbocycles. The Balaban J connectivity index is 0.000000202. The largest absolute Gasteiger partial charge is 0.759 e. The Hall–Kier alpha value is -3.95. The molecule has 4 nitrogen and oxygen atoms in total. The monoisotopic (exact) mass is 734 g/mol. The second-order valence-corrected chi connectivity index (χ2v) is 14.6. The van der Waals surface area contributed by atoms with Crippen molar-refractivity contribution < 1.29 is 17.5 Å². The van der Waals surface area contributed by atoms with Crippen molar-refractivity contribution >= 4 is 28.9 Å². The summed E-state index contributed by atoms with van der Waals surface area (Å²) in [6.07, 6.45) is 7.17. The standard InChI is InChI=1S/2C22H23P.H2O4S/c2*23-18-10-17-22(19-11-4-1-5-12-19,20-13-6-2-7-14-20)21-15-8-3-9-16-21;1-5(2,3)4/h2*1-9,11-16H,10,17-18,23H2;(H2,1,2,3,4). The van der Waals surface area contributed by atoms with Crippen LogP contribution in [0.5, 0.6) is 0 Å². The van der Waals surface area contributed by atoms with E-state index in [0.29, 0.717) is 0 Å². The SMILES string of the molecule is O=S(=O)([O-])[O-].[PH3+]CCCC(c1ccccc1)(c1ccccc1)c1ccccc1.[PH3+]CCCC(c1ccccc1)(c1ccccc1)c1ccccc1. The lowest BCUT2D eigenvalue weighted by Crippen LogP contribution is -2.29. The molecular formula is C44H48O4P2S. The van der Waals surface area contributed by atoms with Crippen LogP contribution in [0.1, 0.15) is 59.1 Å². The van der Waals surface area contributed by atoms with Crippen LogP contribution in [0.3, 0.4) is 0 Å². The van der Waals surface area contributed by atoms with Gasteiger partial charge in [0.2, 0.25) is 0 Å². The van der Waals surface area contributed by atoms with Gasteiger partial charge in [-0.15, -0.1) is 0 Å². The van der Waals surface area contributed by atoms with Crippen molar-refractivity contribution in [3.8, 4) is 0 Å². The minimum atomic E-state index is -5.17. The lowest BCUT2D eigenvalue weighted by atomic mass is 9.67. The van der Waals surface area contributed by atoms with Gasteiger partial charge in [-0.2, -0.15) is 0 Å². The van der Waals surface area contributed by atoms with Gasteiger partial charge in [-0.25, -0.2) is 0 Å². The predicted octanol–water partition coefficient (Wildman–Crippen LogP) is 9.48. The average Bonchev–Trinajstić information content (AvgIpc) is 3.18. The van der Waals surface area contributed by atoms with Gasteiger partial charge in [0, 0.05) is 21.2 Å². The van der Waals surface area contributed by atoms with Crippen LogP contribution in [0, 0.1) is 0 Å². The molecule has 0 fully saturated rings. The Morgan fingerprint density at radius 1 is 0.373 bits per heavy atom. The van der Waals surface area contributed by atoms with Gasteiger partial charge in [-0.1, -0.05) is 182 Å². The fraction of sp³-hybridized carbons (Fsp3) is 0.182. The zero-order valence-corrected chi connectivity index (χ0v) is 32.7. The average molecular weight is 735 g/mol. The Morgan fingerprint density at radius 3 is 0.667 bits per heavy atom. The third kappa shape index (κ3) is 11.0. The van der Waals surface area contributed by atoms with E-state index in [0.717, 1.165) is 12.8 Å². The summed E-state index contributed by atoms with van der Waals surface area (Å²) < 4.78 is 34.1. The van der Waals surface area contributed by atoms with Gasteiger partial charge in [0.25, 0.3) is 0 Å². The molecule has 0 saturated carbocycles.